The number of para-hydroxylation sites is 1. The summed E-state index contributed by atoms with van der Waals surface area (Å²) >= 11 is 0. The van der Waals surface area contributed by atoms with Gasteiger partial charge in [0, 0.05) is 30.3 Å². The molecule has 0 aliphatic heterocycles. The van der Waals surface area contributed by atoms with E-state index in [0.29, 0.717) is 28.6 Å². The number of carboxylic acids is 1. The fraction of sp³-hybridized carbons (Fsp3) is 0.273. The number of halogens is 1. The Kier molecular flexibility index (Phi) is 9.30. The highest BCUT2D eigenvalue weighted by Crippen LogP contribution is 2.34. The van der Waals surface area contributed by atoms with Gasteiger partial charge in [-0.15, -0.1) is 0 Å². The zero-order valence-electron chi connectivity index (χ0n) is 23.2. The number of benzene rings is 3. The Morgan fingerprint density at radius 2 is 1.75 bits per heavy atom. The number of aryl methyl sites for hydroxylation is 1. The number of allylic oxidation sites excluding steroid dienone is 1. The number of aromatic nitrogens is 1. The SMILES string of the molecule is CCc1cccc(C(=O)c2c(C(C)C)n(CC=Cc3cccc(CO[C@@H](OC)C(=O)O)c3)c3c(F)cccc23)c1. The second kappa shape index (κ2) is 12.9. The molecule has 1 N–H and O–H groups in total. The van der Waals surface area contributed by atoms with Gasteiger partial charge in [-0.2, -0.15) is 0 Å². The van der Waals surface area contributed by atoms with E-state index in [1.54, 1.807) is 6.07 Å². The average Bonchev–Trinajstić information content (AvgIpc) is 3.28. The number of carbonyl (C=O) groups excluding carboxylic acids is 1. The number of aliphatic carboxylic acids is 1. The number of carbonyl (C=O) groups is 2. The molecule has 0 aliphatic rings. The summed E-state index contributed by atoms with van der Waals surface area (Å²) in [6, 6.07) is 20.0. The quantitative estimate of drug-likeness (QED) is 0.154. The minimum atomic E-state index is -1.34. The summed E-state index contributed by atoms with van der Waals surface area (Å²) in [6.45, 7) is 6.51. The van der Waals surface area contributed by atoms with E-state index in [9.17, 15) is 9.59 Å². The Hall–Kier alpha value is -4.07. The fourth-order valence-electron chi connectivity index (χ4n) is 4.98. The van der Waals surface area contributed by atoms with Crippen LogP contribution in [-0.4, -0.2) is 34.8 Å². The molecule has 7 heteroatoms. The number of ether oxygens (including phenoxy) is 2. The second-order valence-electron chi connectivity index (χ2n) is 9.91. The van der Waals surface area contributed by atoms with Crippen molar-refractivity contribution in [2.45, 2.75) is 52.6 Å². The summed E-state index contributed by atoms with van der Waals surface area (Å²) in [6.07, 6.45) is 3.32. The van der Waals surface area contributed by atoms with Gasteiger partial charge in [0.15, 0.2) is 5.78 Å². The molecule has 0 fully saturated rings. The van der Waals surface area contributed by atoms with Crippen LogP contribution < -0.4 is 0 Å². The number of hydrogen-bond donors (Lipinski definition) is 1. The second-order valence-corrected chi connectivity index (χ2v) is 9.91. The molecule has 6 nitrogen and oxygen atoms in total. The molecule has 0 amide bonds. The highest BCUT2D eigenvalue weighted by molar-refractivity contribution is 6.17. The van der Waals surface area contributed by atoms with Crippen molar-refractivity contribution in [2.24, 2.45) is 0 Å². The van der Waals surface area contributed by atoms with Crippen LogP contribution in [0.4, 0.5) is 4.39 Å². The van der Waals surface area contributed by atoms with Crippen molar-refractivity contribution in [1.29, 1.82) is 0 Å². The third-order valence-corrected chi connectivity index (χ3v) is 6.81. The molecular formula is C33H34FNO5. The summed E-state index contributed by atoms with van der Waals surface area (Å²) in [4.78, 5) is 25.0. The van der Waals surface area contributed by atoms with E-state index < -0.39 is 12.3 Å². The van der Waals surface area contributed by atoms with Crippen molar-refractivity contribution in [2.75, 3.05) is 7.11 Å². The molecule has 0 radical (unpaired) electrons. The van der Waals surface area contributed by atoms with Crippen molar-refractivity contribution in [3.8, 4) is 0 Å². The van der Waals surface area contributed by atoms with Crippen molar-refractivity contribution in [1.82, 2.24) is 4.57 Å². The lowest BCUT2D eigenvalue weighted by molar-refractivity contribution is -0.185. The monoisotopic (exact) mass is 543 g/mol. The summed E-state index contributed by atoms with van der Waals surface area (Å²) in [7, 11) is 1.28. The topological polar surface area (TPSA) is 77.8 Å². The molecule has 0 unspecified atom stereocenters. The van der Waals surface area contributed by atoms with Crippen LogP contribution in [0.1, 0.15) is 65.0 Å². The molecule has 1 aromatic heterocycles. The third-order valence-electron chi connectivity index (χ3n) is 6.81. The number of nitrogens with zero attached hydrogens (tertiary/aromatic N) is 1. The van der Waals surface area contributed by atoms with E-state index in [4.69, 9.17) is 14.6 Å². The lowest BCUT2D eigenvalue weighted by Gasteiger charge is -2.14. The van der Waals surface area contributed by atoms with Crippen molar-refractivity contribution in [3.63, 3.8) is 0 Å². The van der Waals surface area contributed by atoms with E-state index in [2.05, 4.69) is 0 Å². The Morgan fingerprint density at radius 1 is 1.02 bits per heavy atom. The van der Waals surface area contributed by atoms with Gasteiger partial charge in [-0.25, -0.2) is 9.18 Å². The van der Waals surface area contributed by atoms with Crippen LogP contribution in [0.2, 0.25) is 0 Å². The predicted molar refractivity (Wildman–Crippen MR) is 154 cm³/mol. The molecular weight excluding hydrogens is 509 g/mol. The lowest BCUT2D eigenvalue weighted by atomic mass is 9.95. The maximum Gasteiger partial charge on any atom is 0.361 e. The zero-order chi connectivity index (χ0) is 28.8. The molecule has 1 heterocycles. The van der Waals surface area contributed by atoms with Gasteiger partial charge in [0.25, 0.3) is 6.29 Å². The Balaban J connectivity index is 1.68. The van der Waals surface area contributed by atoms with Gasteiger partial charge in [-0.1, -0.05) is 81.5 Å². The van der Waals surface area contributed by atoms with Crippen LogP contribution in [0.3, 0.4) is 0 Å². The number of rotatable bonds is 12. The molecule has 0 bridgehead atoms. The number of carboxylic acid groups (broad SMARTS) is 1. The molecule has 0 aliphatic carbocycles. The normalized spacial score (nSPS) is 12.4. The van der Waals surface area contributed by atoms with E-state index in [-0.39, 0.29) is 24.1 Å². The summed E-state index contributed by atoms with van der Waals surface area (Å²) in [5, 5.41) is 9.71. The molecule has 208 valence electrons. The number of hydrogen-bond acceptors (Lipinski definition) is 4. The zero-order valence-corrected chi connectivity index (χ0v) is 23.2. The van der Waals surface area contributed by atoms with Crippen LogP contribution in [0.5, 0.6) is 0 Å². The number of fused-ring (bicyclic) bond motifs is 1. The molecule has 3 aromatic carbocycles. The number of ketones is 1. The number of methoxy groups -OCH3 is 1. The average molecular weight is 544 g/mol. The van der Waals surface area contributed by atoms with Gasteiger partial charge in [-0.3, -0.25) is 4.79 Å². The molecule has 0 saturated carbocycles. The summed E-state index contributed by atoms with van der Waals surface area (Å²) < 4.78 is 27.3. The maximum absolute atomic E-state index is 15.3. The lowest BCUT2D eigenvalue weighted by Crippen LogP contribution is -2.25. The first kappa shape index (κ1) is 28.9. The van der Waals surface area contributed by atoms with Crippen LogP contribution in [-0.2, 0) is 33.8 Å². The smallest absolute Gasteiger partial charge is 0.361 e. The minimum absolute atomic E-state index is 0.0306. The molecule has 4 rings (SSSR count). The minimum Gasteiger partial charge on any atom is -0.477 e. The highest BCUT2D eigenvalue weighted by Gasteiger charge is 2.26. The Bertz CT molecular complexity index is 1550. The van der Waals surface area contributed by atoms with Gasteiger partial charge >= 0.3 is 5.97 Å². The van der Waals surface area contributed by atoms with E-state index >= 15 is 4.39 Å². The fourth-order valence-corrected chi connectivity index (χ4v) is 4.98. The molecule has 0 spiro atoms. The van der Waals surface area contributed by atoms with Gasteiger partial charge in [0.2, 0.25) is 0 Å². The molecule has 4 aromatic rings. The third kappa shape index (κ3) is 6.22. The van der Waals surface area contributed by atoms with Crippen LogP contribution in [0, 0.1) is 5.82 Å². The van der Waals surface area contributed by atoms with Crippen LogP contribution in [0.15, 0.2) is 72.8 Å². The summed E-state index contributed by atoms with van der Waals surface area (Å²) in [5.74, 6) is -1.71. The van der Waals surface area contributed by atoms with Crippen molar-refractivity contribution < 1.29 is 28.6 Å². The first-order chi connectivity index (χ1) is 19.2. The highest BCUT2D eigenvalue weighted by atomic mass is 19.1. The largest absolute Gasteiger partial charge is 0.477 e. The van der Waals surface area contributed by atoms with Gasteiger partial charge in [-0.05, 0) is 47.2 Å². The van der Waals surface area contributed by atoms with Crippen molar-refractivity contribution in [3.05, 3.63) is 112 Å². The molecule has 1 atom stereocenters. The first-order valence-corrected chi connectivity index (χ1v) is 13.3. The van der Waals surface area contributed by atoms with E-state index in [0.717, 1.165) is 28.8 Å². The first-order valence-electron chi connectivity index (χ1n) is 13.3. The van der Waals surface area contributed by atoms with E-state index in [1.165, 1.54) is 13.2 Å². The van der Waals surface area contributed by atoms with E-state index in [1.807, 2.05) is 92.1 Å². The maximum atomic E-state index is 15.3. The van der Waals surface area contributed by atoms with Crippen molar-refractivity contribution >= 4 is 28.7 Å². The standard InChI is InChI=1S/C33H34FNO5/c1-5-22-10-7-14-25(19-22)31(36)28-26-15-8-16-27(34)30(26)35(29(28)21(2)3)17-9-13-23-11-6-12-24(18-23)20-40-33(39-4)32(37)38/h6-16,18-19,21,33H,5,17,20H2,1-4H3,(H,37,38)/t33-/m1/s1. The van der Waals surface area contributed by atoms with Gasteiger partial charge < -0.3 is 19.1 Å². The van der Waals surface area contributed by atoms with Crippen LogP contribution >= 0.6 is 0 Å². The summed E-state index contributed by atoms with van der Waals surface area (Å²) in [5.41, 5.74) is 5.07. The van der Waals surface area contributed by atoms with Crippen LogP contribution in [0.25, 0.3) is 17.0 Å². The predicted octanol–water partition coefficient (Wildman–Crippen LogP) is 6.98. The molecule has 0 saturated heterocycles. The molecule has 40 heavy (non-hydrogen) atoms. The Labute approximate surface area is 233 Å². The Morgan fingerprint density at radius 3 is 2.45 bits per heavy atom. The van der Waals surface area contributed by atoms with Gasteiger partial charge in [0.1, 0.15) is 5.82 Å². The van der Waals surface area contributed by atoms with Gasteiger partial charge in [0.05, 0.1) is 17.7 Å².